The molecule has 0 atom stereocenters. The van der Waals surface area contributed by atoms with Gasteiger partial charge in [-0.1, -0.05) is 0 Å². The van der Waals surface area contributed by atoms with Gasteiger partial charge in [-0.25, -0.2) is 4.79 Å². The van der Waals surface area contributed by atoms with Gasteiger partial charge in [0.25, 0.3) is 0 Å². The molecule has 0 heterocycles. The summed E-state index contributed by atoms with van der Waals surface area (Å²) >= 11 is 1.82. The molecule has 4 nitrogen and oxygen atoms in total. The number of nitrogens with one attached hydrogen (secondary N) is 1. The summed E-state index contributed by atoms with van der Waals surface area (Å²) in [6.07, 6.45) is 4.20. The summed E-state index contributed by atoms with van der Waals surface area (Å²) in [6, 6.07) is -0.119. The molecule has 16 heavy (non-hydrogen) atoms. The van der Waals surface area contributed by atoms with Gasteiger partial charge in [-0.2, -0.15) is 11.8 Å². The predicted octanol–water partition coefficient (Wildman–Crippen LogP) is 1.54. The van der Waals surface area contributed by atoms with Gasteiger partial charge in [-0.15, -0.1) is 0 Å². The number of carbonyl (C=O) groups is 1. The molecule has 0 fully saturated rings. The number of amides is 2. The third-order valence-electron chi connectivity index (χ3n) is 2.02. The topological polar surface area (TPSA) is 52.6 Å². The first-order chi connectivity index (χ1) is 7.37. The van der Waals surface area contributed by atoms with Crippen molar-refractivity contribution in [2.24, 2.45) is 0 Å². The molecule has 96 valence electrons. The molecule has 0 rings (SSSR count). The predicted molar refractivity (Wildman–Crippen MR) is 69.9 cm³/mol. The molecule has 0 aromatic heterocycles. The molecule has 2 amide bonds. The zero-order valence-corrected chi connectivity index (χ0v) is 11.6. The van der Waals surface area contributed by atoms with Gasteiger partial charge in [-0.3, -0.25) is 0 Å². The van der Waals surface area contributed by atoms with Crippen LogP contribution in [0.25, 0.3) is 0 Å². The summed E-state index contributed by atoms with van der Waals surface area (Å²) < 4.78 is 0. The van der Waals surface area contributed by atoms with Crippen LogP contribution in [0.2, 0.25) is 0 Å². The van der Waals surface area contributed by atoms with Crippen molar-refractivity contribution >= 4 is 17.8 Å². The Hall–Kier alpha value is -0.420. The molecule has 2 N–H and O–H groups in total. The van der Waals surface area contributed by atoms with Crippen LogP contribution >= 0.6 is 11.8 Å². The summed E-state index contributed by atoms with van der Waals surface area (Å²) in [5.41, 5.74) is -0.842. The molecule has 0 aromatic rings. The van der Waals surface area contributed by atoms with Crippen molar-refractivity contribution in [3.63, 3.8) is 0 Å². The van der Waals surface area contributed by atoms with E-state index in [1.807, 2.05) is 11.8 Å². The summed E-state index contributed by atoms with van der Waals surface area (Å²) in [7, 11) is 1.69. The number of rotatable bonds is 7. The Bertz CT molecular complexity index is 205. The second kappa shape index (κ2) is 7.79. The van der Waals surface area contributed by atoms with E-state index in [9.17, 15) is 9.90 Å². The minimum Gasteiger partial charge on any atom is -0.389 e. The number of urea groups is 1. The van der Waals surface area contributed by atoms with Crippen molar-refractivity contribution in [1.29, 1.82) is 0 Å². The second-order valence-electron chi connectivity index (χ2n) is 4.60. The summed E-state index contributed by atoms with van der Waals surface area (Å²) in [5, 5.41) is 12.4. The Morgan fingerprint density at radius 2 is 2.06 bits per heavy atom. The Balaban J connectivity index is 3.64. The number of unbranched alkanes of at least 4 members (excludes halogenated alkanes) is 1. The van der Waals surface area contributed by atoms with E-state index in [-0.39, 0.29) is 6.03 Å². The van der Waals surface area contributed by atoms with E-state index in [0.717, 1.165) is 18.6 Å². The molecule has 0 aliphatic heterocycles. The first kappa shape index (κ1) is 15.6. The maximum absolute atomic E-state index is 11.6. The molecule has 0 bridgehead atoms. The fourth-order valence-electron chi connectivity index (χ4n) is 1.35. The van der Waals surface area contributed by atoms with Crippen molar-refractivity contribution in [3.8, 4) is 0 Å². The number of nitrogens with zero attached hydrogens (tertiary/aromatic N) is 1. The third-order valence-corrected chi connectivity index (χ3v) is 2.72. The maximum atomic E-state index is 11.6. The monoisotopic (exact) mass is 248 g/mol. The Labute approximate surface area is 103 Å². The summed E-state index contributed by atoms with van der Waals surface area (Å²) in [4.78, 5) is 13.1. The van der Waals surface area contributed by atoms with Crippen LogP contribution < -0.4 is 5.32 Å². The van der Waals surface area contributed by atoms with Gasteiger partial charge < -0.3 is 15.3 Å². The van der Waals surface area contributed by atoms with E-state index in [2.05, 4.69) is 11.6 Å². The Morgan fingerprint density at radius 1 is 1.44 bits per heavy atom. The first-order valence-electron chi connectivity index (χ1n) is 5.57. The summed E-state index contributed by atoms with van der Waals surface area (Å²) in [6.45, 7) is 4.42. The smallest absolute Gasteiger partial charge is 0.317 e. The van der Waals surface area contributed by atoms with Gasteiger partial charge in [-0.05, 0) is 38.7 Å². The fraction of sp³-hybridized carbons (Fsp3) is 0.909. The van der Waals surface area contributed by atoms with Crippen molar-refractivity contribution < 1.29 is 9.90 Å². The lowest BCUT2D eigenvalue weighted by Gasteiger charge is -2.25. The highest BCUT2D eigenvalue weighted by atomic mass is 32.2. The second-order valence-corrected chi connectivity index (χ2v) is 5.59. The van der Waals surface area contributed by atoms with Gasteiger partial charge >= 0.3 is 6.03 Å². The molecule has 0 aromatic carbocycles. The minimum atomic E-state index is -0.842. The zero-order chi connectivity index (χ0) is 12.6. The van der Waals surface area contributed by atoms with Crippen LogP contribution in [-0.4, -0.2) is 53.8 Å². The van der Waals surface area contributed by atoms with Gasteiger partial charge in [0, 0.05) is 13.6 Å². The number of hydrogen-bond acceptors (Lipinski definition) is 3. The van der Waals surface area contributed by atoms with Crippen molar-refractivity contribution in [3.05, 3.63) is 0 Å². The molecule has 5 heteroatoms. The zero-order valence-electron chi connectivity index (χ0n) is 10.7. The fourth-order valence-corrected chi connectivity index (χ4v) is 1.85. The molecular weight excluding hydrogens is 224 g/mol. The van der Waals surface area contributed by atoms with Crippen LogP contribution in [-0.2, 0) is 0 Å². The molecule has 0 aliphatic carbocycles. The number of likely N-dealkylation sites (N-methyl/N-ethyl adjacent to an activating group) is 1. The number of aliphatic hydroxyl groups is 1. The first-order valence-corrected chi connectivity index (χ1v) is 6.96. The van der Waals surface area contributed by atoms with E-state index < -0.39 is 5.60 Å². The molecule has 0 radical (unpaired) electrons. The molecule has 0 aliphatic rings. The van der Waals surface area contributed by atoms with Crippen molar-refractivity contribution in [2.75, 3.05) is 32.1 Å². The quantitative estimate of drug-likeness (QED) is 0.672. The van der Waals surface area contributed by atoms with Crippen LogP contribution in [0.1, 0.15) is 26.7 Å². The van der Waals surface area contributed by atoms with Crippen LogP contribution in [0.3, 0.4) is 0 Å². The summed E-state index contributed by atoms with van der Waals surface area (Å²) in [5.74, 6) is 1.13. The highest BCUT2D eigenvalue weighted by molar-refractivity contribution is 7.98. The van der Waals surface area contributed by atoms with E-state index in [1.165, 1.54) is 4.90 Å². The standard InChI is InChI=1S/C11H24N2O2S/c1-11(2,15)9-13(3)10(14)12-7-5-6-8-16-4/h15H,5-9H2,1-4H3,(H,12,14). The van der Waals surface area contributed by atoms with E-state index in [0.29, 0.717) is 13.1 Å². The number of thioether (sulfide) groups is 1. The minimum absolute atomic E-state index is 0.119. The van der Waals surface area contributed by atoms with E-state index in [1.54, 1.807) is 20.9 Å². The van der Waals surface area contributed by atoms with Crippen molar-refractivity contribution in [2.45, 2.75) is 32.3 Å². The third kappa shape index (κ3) is 8.85. The van der Waals surface area contributed by atoms with Gasteiger partial charge in [0.15, 0.2) is 0 Å². The van der Waals surface area contributed by atoms with Gasteiger partial charge in [0.1, 0.15) is 0 Å². The molecule has 0 spiro atoms. The lowest BCUT2D eigenvalue weighted by Crippen LogP contribution is -2.44. The van der Waals surface area contributed by atoms with Gasteiger partial charge in [0.05, 0.1) is 12.1 Å². The Morgan fingerprint density at radius 3 is 2.56 bits per heavy atom. The number of carbonyl (C=O) groups excluding carboxylic acids is 1. The van der Waals surface area contributed by atoms with Crippen LogP contribution in [0.4, 0.5) is 4.79 Å². The molecule has 0 saturated carbocycles. The highest BCUT2D eigenvalue weighted by Crippen LogP contribution is 2.03. The average Bonchev–Trinajstić information content (AvgIpc) is 2.14. The Kier molecular flexibility index (Phi) is 7.58. The van der Waals surface area contributed by atoms with Crippen molar-refractivity contribution in [1.82, 2.24) is 10.2 Å². The normalized spacial score (nSPS) is 11.3. The molecule has 0 saturated heterocycles. The van der Waals surface area contributed by atoms with E-state index in [4.69, 9.17) is 0 Å². The lowest BCUT2D eigenvalue weighted by molar-refractivity contribution is 0.0532. The number of hydrogen-bond donors (Lipinski definition) is 2. The largest absolute Gasteiger partial charge is 0.389 e. The molecule has 0 unspecified atom stereocenters. The van der Waals surface area contributed by atoms with E-state index >= 15 is 0 Å². The van der Waals surface area contributed by atoms with Crippen LogP contribution in [0, 0.1) is 0 Å². The highest BCUT2D eigenvalue weighted by Gasteiger charge is 2.18. The van der Waals surface area contributed by atoms with Gasteiger partial charge in [0.2, 0.25) is 0 Å². The maximum Gasteiger partial charge on any atom is 0.317 e. The van der Waals surface area contributed by atoms with Crippen LogP contribution in [0.15, 0.2) is 0 Å². The SMILES string of the molecule is CSCCCCNC(=O)N(C)CC(C)(C)O. The lowest BCUT2D eigenvalue weighted by atomic mass is 10.1. The molecular formula is C11H24N2O2S. The van der Waals surface area contributed by atoms with Crippen LogP contribution in [0.5, 0.6) is 0 Å². The average molecular weight is 248 g/mol.